The molecule has 0 unspecified atom stereocenters. The Kier molecular flexibility index (Phi) is 5.33. The number of nitrogens with one attached hydrogen (secondary N) is 1. The van der Waals surface area contributed by atoms with Gasteiger partial charge in [0.25, 0.3) is 0 Å². The minimum Gasteiger partial charge on any atom is -0.353 e. The Morgan fingerprint density at radius 1 is 1.24 bits per heavy atom. The number of hydrogen-bond donors (Lipinski definition) is 2. The standard InChI is InChI=1S/C16H21BrN2O.ClH/c17-12-3-1-2-11(10-12)16(8-9-16)15(20)19-14-6-4-13(18)5-7-14;/h1-3,10,13-14H,4-9,18H2,(H,19,20);1H. The van der Waals surface area contributed by atoms with Gasteiger partial charge in [0, 0.05) is 16.6 Å². The van der Waals surface area contributed by atoms with Crippen LogP contribution < -0.4 is 11.1 Å². The Labute approximate surface area is 140 Å². The van der Waals surface area contributed by atoms with Crippen LogP contribution in [0, 0.1) is 0 Å². The smallest absolute Gasteiger partial charge is 0.230 e. The van der Waals surface area contributed by atoms with Crippen LogP contribution in [0.3, 0.4) is 0 Å². The molecule has 0 radical (unpaired) electrons. The zero-order valence-corrected chi connectivity index (χ0v) is 14.4. The molecule has 116 valence electrons. The van der Waals surface area contributed by atoms with Crippen molar-refractivity contribution >= 4 is 34.2 Å². The van der Waals surface area contributed by atoms with Crippen LogP contribution in [-0.2, 0) is 10.2 Å². The summed E-state index contributed by atoms with van der Waals surface area (Å²) >= 11 is 3.49. The van der Waals surface area contributed by atoms with Crippen LogP contribution in [0.1, 0.15) is 44.1 Å². The van der Waals surface area contributed by atoms with Crippen molar-refractivity contribution in [2.24, 2.45) is 5.73 Å². The second kappa shape index (κ2) is 6.67. The summed E-state index contributed by atoms with van der Waals surface area (Å²) in [5, 5.41) is 3.25. The van der Waals surface area contributed by atoms with Crippen molar-refractivity contribution in [2.75, 3.05) is 0 Å². The summed E-state index contributed by atoms with van der Waals surface area (Å²) in [7, 11) is 0. The van der Waals surface area contributed by atoms with E-state index in [2.05, 4.69) is 33.4 Å². The summed E-state index contributed by atoms with van der Waals surface area (Å²) < 4.78 is 1.04. The molecule has 2 aliphatic rings. The lowest BCUT2D eigenvalue weighted by Gasteiger charge is -2.28. The number of nitrogens with two attached hydrogens (primary N) is 1. The first-order chi connectivity index (χ1) is 9.60. The number of amides is 1. The molecule has 21 heavy (non-hydrogen) atoms. The molecular weight excluding hydrogens is 352 g/mol. The largest absolute Gasteiger partial charge is 0.353 e. The topological polar surface area (TPSA) is 55.1 Å². The molecule has 2 fully saturated rings. The number of benzene rings is 1. The van der Waals surface area contributed by atoms with Gasteiger partial charge in [0.05, 0.1) is 5.41 Å². The molecule has 1 aromatic carbocycles. The van der Waals surface area contributed by atoms with Crippen LogP contribution >= 0.6 is 28.3 Å². The van der Waals surface area contributed by atoms with Crippen molar-refractivity contribution in [3.63, 3.8) is 0 Å². The zero-order valence-electron chi connectivity index (χ0n) is 12.0. The van der Waals surface area contributed by atoms with Crippen molar-refractivity contribution in [2.45, 2.75) is 56.0 Å². The average Bonchev–Trinajstić information content (AvgIpc) is 3.23. The number of hydrogen-bond acceptors (Lipinski definition) is 2. The lowest BCUT2D eigenvalue weighted by atomic mass is 9.90. The third-order valence-electron chi connectivity index (χ3n) is 4.67. The van der Waals surface area contributed by atoms with E-state index >= 15 is 0 Å². The predicted molar refractivity (Wildman–Crippen MR) is 90.7 cm³/mol. The van der Waals surface area contributed by atoms with E-state index in [1.807, 2.05) is 12.1 Å². The lowest BCUT2D eigenvalue weighted by molar-refractivity contribution is -0.124. The van der Waals surface area contributed by atoms with Gasteiger partial charge >= 0.3 is 0 Å². The van der Waals surface area contributed by atoms with Gasteiger partial charge in [0.2, 0.25) is 5.91 Å². The summed E-state index contributed by atoms with van der Waals surface area (Å²) in [6.07, 6.45) is 6.00. The second-order valence-electron chi connectivity index (χ2n) is 6.18. The average molecular weight is 374 g/mol. The summed E-state index contributed by atoms with van der Waals surface area (Å²) in [6, 6.07) is 8.78. The van der Waals surface area contributed by atoms with Crippen molar-refractivity contribution in [3.05, 3.63) is 34.3 Å². The fourth-order valence-corrected chi connectivity index (χ4v) is 3.54. The highest BCUT2D eigenvalue weighted by Crippen LogP contribution is 2.49. The Morgan fingerprint density at radius 2 is 1.90 bits per heavy atom. The molecule has 1 amide bonds. The summed E-state index contributed by atoms with van der Waals surface area (Å²) in [5.41, 5.74) is 6.78. The van der Waals surface area contributed by atoms with Gasteiger partial charge in [-0.2, -0.15) is 0 Å². The maximum Gasteiger partial charge on any atom is 0.230 e. The Hall–Kier alpha value is -0.580. The van der Waals surface area contributed by atoms with E-state index in [9.17, 15) is 4.79 Å². The van der Waals surface area contributed by atoms with Crippen LogP contribution in [-0.4, -0.2) is 18.0 Å². The van der Waals surface area contributed by atoms with E-state index in [0.29, 0.717) is 12.1 Å². The van der Waals surface area contributed by atoms with E-state index in [1.165, 1.54) is 0 Å². The molecule has 0 aliphatic heterocycles. The van der Waals surface area contributed by atoms with Crippen molar-refractivity contribution in [1.82, 2.24) is 5.32 Å². The van der Waals surface area contributed by atoms with Crippen molar-refractivity contribution in [3.8, 4) is 0 Å². The van der Waals surface area contributed by atoms with Crippen LogP contribution in [0.25, 0.3) is 0 Å². The molecule has 0 heterocycles. The molecule has 3 rings (SSSR count). The van der Waals surface area contributed by atoms with Crippen LogP contribution in [0.4, 0.5) is 0 Å². The SMILES string of the molecule is Cl.NC1CCC(NC(=O)C2(c3cccc(Br)c3)CC2)CC1. The van der Waals surface area contributed by atoms with Gasteiger partial charge in [-0.05, 0) is 56.2 Å². The van der Waals surface area contributed by atoms with Gasteiger partial charge in [0.1, 0.15) is 0 Å². The molecule has 3 nitrogen and oxygen atoms in total. The normalized spacial score (nSPS) is 26.6. The zero-order chi connectivity index (χ0) is 14.2. The number of carbonyl (C=O) groups excluding carboxylic acids is 1. The highest BCUT2D eigenvalue weighted by atomic mass is 79.9. The van der Waals surface area contributed by atoms with Crippen LogP contribution in [0.2, 0.25) is 0 Å². The minimum atomic E-state index is -0.274. The molecule has 0 bridgehead atoms. The van der Waals surface area contributed by atoms with E-state index in [-0.39, 0.29) is 23.7 Å². The fourth-order valence-electron chi connectivity index (χ4n) is 3.15. The summed E-state index contributed by atoms with van der Waals surface area (Å²) in [6.45, 7) is 0. The quantitative estimate of drug-likeness (QED) is 0.854. The lowest BCUT2D eigenvalue weighted by Crippen LogP contribution is -2.44. The highest BCUT2D eigenvalue weighted by molar-refractivity contribution is 9.10. The maximum atomic E-state index is 12.6. The molecule has 0 spiro atoms. The Balaban J connectivity index is 0.00000161. The maximum absolute atomic E-state index is 12.6. The first-order valence-corrected chi connectivity index (χ1v) is 8.22. The number of rotatable bonds is 3. The Morgan fingerprint density at radius 3 is 2.48 bits per heavy atom. The summed E-state index contributed by atoms with van der Waals surface area (Å²) in [5.74, 6) is 0.205. The minimum absolute atomic E-state index is 0. The molecule has 2 aliphatic carbocycles. The number of halogens is 2. The van der Waals surface area contributed by atoms with Gasteiger partial charge < -0.3 is 11.1 Å². The monoisotopic (exact) mass is 372 g/mol. The molecular formula is C16H22BrClN2O. The highest BCUT2D eigenvalue weighted by Gasteiger charge is 2.51. The van der Waals surface area contributed by atoms with Gasteiger partial charge in [0.15, 0.2) is 0 Å². The number of carbonyl (C=O) groups is 1. The molecule has 0 aromatic heterocycles. The van der Waals surface area contributed by atoms with Crippen molar-refractivity contribution < 1.29 is 4.79 Å². The van der Waals surface area contributed by atoms with Gasteiger partial charge in [-0.25, -0.2) is 0 Å². The fraction of sp³-hybridized carbons (Fsp3) is 0.562. The van der Waals surface area contributed by atoms with Gasteiger partial charge in [-0.15, -0.1) is 12.4 Å². The summed E-state index contributed by atoms with van der Waals surface area (Å²) in [4.78, 5) is 12.6. The molecule has 0 saturated heterocycles. The molecule has 3 N–H and O–H groups in total. The van der Waals surface area contributed by atoms with Crippen LogP contribution in [0.15, 0.2) is 28.7 Å². The van der Waals surface area contributed by atoms with Gasteiger partial charge in [-0.1, -0.05) is 28.1 Å². The van der Waals surface area contributed by atoms with E-state index in [0.717, 1.165) is 48.6 Å². The van der Waals surface area contributed by atoms with Crippen LogP contribution in [0.5, 0.6) is 0 Å². The molecule has 2 saturated carbocycles. The first kappa shape index (κ1) is 16.8. The van der Waals surface area contributed by atoms with E-state index < -0.39 is 0 Å². The third-order valence-corrected chi connectivity index (χ3v) is 5.16. The third kappa shape index (κ3) is 3.61. The van der Waals surface area contributed by atoms with E-state index in [1.54, 1.807) is 0 Å². The van der Waals surface area contributed by atoms with Crippen molar-refractivity contribution in [1.29, 1.82) is 0 Å². The van der Waals surface area contributed by atoms with Gasteiger partial charge in [-0.3, -0.25) is 4.79 Å². The predicted octanol–water partition coefficient (Wildman–Crippen LogP) is 3.29. The molecule has 0 atom stereocenters. The second-order valence-corrected chi connectivity index (χ2v) is 7.09. The molecule has 5 heteroatoms. The van der Waals surface area contributed by atoms with E-state index in [4.69, 9.17) is 5.73 Å². The first-order valence-electron chi connectivity index (χ1n) is 7.43. The molecule has 1 aromatic rings. The Bertz CT molecular complexity index is 511.